The Labute approximate surface area is 131 Å². The maximum absolute atomic E-state index is 12.2. The van der Waals surface area contributed by atoms with Crippen molar-refractivity contribution in [1.82, 2.24) is 19.6 Å². The van der Waals surface area contributed by atoms with Crippen LogP contribution >= 0.6 is 15.9 Å². The van der Waals surface area contributed by atoms with Gasteiger partial charge >= 0.3 is 5.97 Å². The molecule has 2 heterocycles. The predicted octanol–water partition coefficient (Wildman–Crippen LogP) is 1.96. The second-order valence-corrected chi connectivity index (χ2v) is 5.50. The predicted molar refractivity (Wildman–Crippen MR) is 81.8 cm³/mol. The summed E-state index contributed by atoms with van der Waals surface area (Å²) in [6.07, 6.45) is 0. The Morgan fingerprint density at radius 3 is 2.52 bits per heavy atom. The van der Waals surface area contributed by atoms with Gasteiger partial charge in [-0.25, -0.2) is 4.79 Å². The van der Waals surface area contributed by atoms with Gasteiger partial charge in [0.05, 0.1) is 27.2 Å². The highest BCUT2D eigenvalue weighted by molar-refractivity contribution is 9.10. The van der Waals surface area contributed by atoms with E-state index in [0.717, 1.165) is 15.9 Å². The minimum Gasteiger partial charge on any atom is -0.454 e. The van der Waals surface area contributed by atoms with Crippen LogP contribution in [-0.2, 0) is 24.9 Å². The minimum atomic E-state index is -0.496. The molecule has 0 bridgehead atoms. The van der Waals surface area contributed by atoms with Crippen molar-refractivity contribution in [1.29, 1.82) is 0 Å². The van der Waals surface area contributed by atoms with Gasteiger partial charge in [0.25, 0.3) is 0 Å². The average Bonchev–Trinajstić information content (AvgIpc) is 2.85. The largest absolute Gasteiger partial charge is 0.454 e. The van der Waals surface area contributed by atoms with Crippen LogP contribution in [0.2, 0.25) is 0 Å². The van der Waals surface area contributed by atoms with Gasteiger partial charge in [-0.05, 0) is 36.7 Å². The molecule has 0 aliphatic heterocycles. The molecule has 0 amide bonds. The van der Waals surface area contributed by atoms with Crippen LogP contribution in [0.15, 0.2) is 4.47 Å². The monoisotopic (exact) mass is 355 g/mol. The SMILES string of the molecule is CCn1nc(C)c(Br)c1COC(=O)c1c(N)c(C)nn1C. The molecule has 2 aromatic heterocycles. The van der Waals surface area contributed by atoms with Crippen molar-refractivity contribution < 1.29 is 9.53 Å². The van der Waals surface area contributed by atoms with E-state index in [4.69, 9.17) is 10.5 Å². The number of aromatic nitrogens is 4. The minimum absolute atomic E-state index is 0.123. The molecule has 0 aliphatic carbocycles. The Morgan fingerprint density at radius 1 is 1.33 bits per heavy atom. The van der Waals surface area contributed by atoms with Crippen LogP contribution in [0, 0.1) is 13.8 Å². The van der Waals surface area contributed by atoms with E-state index in [9.17, 15) is 4.79 Å². The van der Waals surface area contributed by atoms with Crippen LogP contribution in [0.25, 0.3) is 0 Å². The molecule has 0 saturated heterocycles. The lowest BCUT2D eigenvalue weighted by Crippen LogP contribution is -2.14. The number of nitrogens with two attached hydrogens (primary N) is 1. The number of anilines is 1. The molecule has 2 N–H and O–H groups in total. The molecule has 0 radical (unpaired) electrons. The first-order valence-electron chi connectivity index (χ1n) is 6.54. The zero-order valence-corrected chi connectivity index (χ0v) is 14.1. The third kappa shape index (κ3) is 2.80. The van der Waals surface area contributed by atoms with E-state index < -0.39 is 5.97 Å². The molecule has 2 rings (SSSR count). The maximum Gasteiger partial charge on any atom is 0.359 e. The third-order valence-corrected chi connectivity index (χ3v) is 4.29. The van der Waals surface area contributed by atoms with Crippen molar-refractivity contribution in [3.63, 3.8) is 0 Å². The molecule has 0 aromatic carbocycles. The first-order valence-corrected chi connectivity index (χ1v) is 7.34. The fraction of sp³-hybridized carbons (Fsp3) is 0.462. The summed E-state index contributed by atoms with van der Waals surface area (Å²) in [6.45, 7) is 6.44. The van der Waals surface area contributed by atoms with Gasteiger partial charge < -0.3 is 10.5 Å². The average molecular weight is 356 g/mol. The highest BCUT2D eigenvalue weighted by Gasteiger charge is 2.21. The molecule has 21 heavy (non-hydrogen) atoms. The summed E-state index contributed by atoms with van der Waals surface area (Å²) in [6, 6.07) is 0. The summed E-state index contributed by atoms with van der Waals surface area (Å²) in [5.74, 6) is -0.496. The number of halogens is 1. The Bertz CT molecular complexity index is 689. The zero-order valence-electron chi connectivity index (χ0n) is 12.5. The Balaban J connectivity index is 2.19. The smallest absolute Gasteiger partial charge is 0.359 e. The molecule has 0 saturated carbocycles. The number of carbonyl (C=O) groups is 1. The van der Waals surface area contributed by atoms with E-state index in [2.05, 4.69) is 26.1 Å². The van der Waals surface area contributed by atoms with Gasteiger partial charge in [0.2, 0.25) is 0 Å². The first-order chi connectivity index (χ1) is 9.86. The number of nitrogen functional groups attached to an aromatic ring is 1. The third-order valence-electron chi connectivity index (χ3n) is 3.25. The van der Waals surface area contributed by atoms with Crippen LogP contribution in [-0.4, -0.2) is 25.5 Å². The molecule has 8 heteroatoms. The number of esters is 1. The summed E-state index contributed by atoms with van der Waals surface area (Å²) in [5, 5.41) is 8.46. The fourth-order valence-corrected chi connectivity index (χ4v) is 2.52. The van der Waals surface area contributed by atoms with E-state index in [1.54, 1.807) is 18.7 Å². The van der Waals surface area contributed by atoms with E-state index in [-0.39, 0.29) is 12.3 Å². The van der Waals surface area contributed by atoms with Crippen LogP contribution < -0.4 is 5.73 Å². The van der Waals surface area contributed by atoms with Crippen molar-refractivity contribution >= 4 is 27.6 Å². The van der Waals surface area contributed by atoms with Gasteiger partial charge in [-0.15, -0.1) is 0 Å². The quantitative estimate of drug-likeness (QED) is 0.846. The van der Waals surface area contributed by atoms with E-state index in [1.807, 2.05) is 13.8 Å². The van der Waals surface area contributed by atoms with E-state index in [0.29, 0.717) is 17.9 Å². The van der Waals surface area contributed by atoms with E-state index in [1.165, 1.54) is 4.68 Å². The fourth-order valence-electron chi connectivity index (χ4n) is 2.13. The summed E-state index contributed by atoms with van der Waals surface area (Å²) in [5.41, 5.74) is 8.76. The first kappa shape index (κ1) is 15.6. The van der Waals surface area contributed by atoms with Crippen molar-refractivity contribution in [3.05, 3.63) is 27.2 Å². The highest BCUT2D eigenvalue weighted by Crippen LogP contribution is 2.23. The number of hydrogen-bond acceptors (Lipinski definition) is 5. The molecule has 0 atom stereocenters. The lowest BCUT2D eigenvalue weighted by molar-refractivity contribution is 0.0450. The van der Waals surface area contributed by atoms with Gasteiger partial charge in [0.1, 0.15) is 6.61 Å². The lowest BCUT2D eigenvalue weighted by Gasteiger charge is -2.08. The molecule has 0 fully saturated rings. The second-order valence-electron chi connectivity index (χ2n) is 4.71. The van der Waals surface area contributed by atoms with Gasteiger partial charge in [0, 0.05) is 13.6 Å². The topological polar surface area (TPSA) is 88.0 Å². The molecule has 0 aliphatic rings. The lowest BCUT2D eigenvalue weighted by atomic mass is 10.3. The Hall–Kier alpha value is -1.83. The van der Waals surface area contributed by atoms with E-state index >= 15 is 0 Å². The number of aryl methyl sites for hydroxylation is 4. The molecule has 7 nitrogen and oxygen atoms in total. The van der Waals surface area contributed by atoms with Crippen molar-refractivity contribution in [2.75, 3.05) is 5.73 Å². The molecule has 114 valence electrons. The van der Waals surface area contributed by atoms with Gasteiger partial charge in [-0.2, -0.15) is 10.2 Å². The number of rotatable bonds is 4. The highest BCUT2D eigenvalue weighted by atomic mass is 79.9. The summed E-state index contributed by atoms with van der Waals surface area (Å²) < 4.78 is 9.44. The maximum atomic E-state index is 12.2. The molecule has 0 spiro atoms. The van der Waals surface area contributed by atoms with Gasteiger partial charge in [-0.1, -0.05) is 0 Å². The van der Waals surface area contributed by atoms with Crippen molar-refractivity contribution in [3.8, 4) is 0 Å². The Kier molecular flexibility index (Phi) is 4.36. The van der Waals surface area contributed by atoms with Crippen LogP contribution in [0.1, 0.15) is 34.5 Å². The summed E-state index contributed by atoms with van der Waals surface area (Å²) >= 11 is 3.46. The molecule has 2 aromatic rings. The molecule has 0 unspecified atom stereocenters. The van der Waals surface area contributed by atoms with Crippen LogP contribution in [0.5, 0.6) is 0 Å². The standard InChI is InChI=1S/C13H18BrN5O2/c1-5-19-9(10(14)7(2)17-19)6-21-13(20)12-11(15)8(3)16-18(12)4/h5-6,15H2,1-4H3. The second kappa shape index (κ2) is 5.88. The number of hydrogen-bond donors (Lipinski definition) is 1. The number of ether oxygens (including phenoxy) is 1. The van der Waals surface area contributed by atoms with Crippen molar-refractivity contribution in [2.45, 2.75) is 33.9 Å². The van der Waals surface area contributed by atoms with Gasteiger partial charge in [-0.3, -0.25) is 9.36 Å². The Morgan fingerprint density at radius 2 is 2.00 bits per heavy atom. The number of carbonyl (C=O) groups excluding carboxylic acids is 1. The molecular formula is C13H18BrN5O2. The van der Waals surface area contributed by atoms with Crippen molar-refractivity contribution in [2.24, 2.45) is 7.05 Å². The van der Waals surface area contributed by atoms with Gasteiger partial charge in [0.15, 0.2) is 5.69 Å². The molecular weight excluding hydrogens is 338 g/mol. The normalized spacial score (nSPS) is 10.9. The summed E-state index contributed by atoms with van der Waals surface area (Å²) in [7, 11) is 1.66. The number of nitrogens with zero attached hydrogens (tertiary/aromatic N) is 4. The van der Waals surface area contributed by atoms with Crippen LogP contribution in [0.4, 0.5) is 5.69 Å². The summed E-state index contributed by atoms with van der Waals surface area (Å²) in [4.78, 5) is 12.2. The zero-order chi connectivity index (χ0) is 15.7. The van der Waals surface area contributed by atoms with Crippen LogP contribution in [0.3, 0.4) is 0 Å².